The Labute approximate surface area is 784 Å². The van der Waals surface area contributed by atoms with Crippen LogP contribution in [0.4, 0.5) is 40.3 Å². The highest BCUT2D eigenvalue weighted by atomic mass is 35.5. The van der Waals surface area contributed by atoms with Crippen LogP contribution in [0, 0.1) is 23.3 Å². The van der Waals surface area contributed by atoms with Crippen molar-refractivity contribution >= 4 is 128 Å². The summed E-state index contributed by atoms with van der Waals surface area (Å²) in [5.74, 6) is -1.05. The van der Waals surface area contributed by atoms with Gasteiger partial charge in [-0.3, -0.25) is 38.4 Å². The number of nitrogens with zero attached hydrogens (tertiary/aromatic N) is 5. The molecule has 2 saturated heterocycles. The summed E-state index contributed by atoms with van der Waals surface area (Å²) in [6.45, 7) is 18.0. The van der Waals surface area contributed by atoms with Gasteiger partial charge in [0.2, 0.25) is 0 Å². The molecule has 6 aliphatic rings. The number of rotatable bonds is 25. The van der Waals surface area contributed by atoms with E-state index in [1.54, 1.807) is 110 Å². The minimum absolute atomic E-state index is 0.0335. The molecule has 694 valence electrons. The summed E-state index contributed by atoms with van der Waals surface area (Å²) in [6.07, 6.45) is 16.5. The maximum atomic E-state index is 13.7. The first-order chi connectivity index (χ1) is 65.2. The van der Waals surface area contributed by atoms with Crippen molar-refractivity contribution in [2.45, 2.75) is 71.9 Å². The molecule has 29 heteroatoms. The summed E-state index contributed by atoms with van der Waals surface area (Å²) in [5, 5.41) is 20.3. The number of furan rings is 4. The fourth-order valence-corrected chi connectivity index (χ4v) is 17.1. The van der Waals surface area contributed by atoms with Crippen molar-refractivity contribution in [3.8, 4) is 44.7 Å². The lowest BCUT2D eigenvalue weighted by molar-refractivity contribution is -0.111. The Morgan fingerprint density at radius 1 is 0.422 bits per heavy atom. The van der Waals surface area contributed by atoms with Gasteiger partial charge in [0, 0.05) is 147 Å². The summed E-state index contributed by atoms with van der Waals surface area (Å²) in [6, 6.07) is 53.5. The molecule has 6 aliphatic heterocycles. The smallest absolute Gasteiger partial charge is 0.256 e. The van der Waals surface area contributed by atoms with Gasteiger partial charge in [-0.1, -0.05) is 82.1 Å². The monoisotopic (exact) mass is 1850 g/mol. The van der Waals surface area contributed by atoms with Crippen molar-refractivity contribution in [3.05, 3.63) is 309 Å². The number of benzene rings is 8. The third-order valence-corrected chi connectivity index (χ3v) is 25.0. The lowest BCUT2D eigenvalue weighted by Crippen LogP contribution is -2.44. The highest BCUT2D eigenvalue weighted by Gasteiger charge is 2.32. The van der Waals surface area contributed by atoms with Crippen molar-refractivity contribution in [1.82, 2.24) is 40.4 Å². The van der Waals surface area contributed by atoms with Crippen molar-refractivity contribution < 1.29 is 73.6 Å². The summed E-state index contributed by atoms with van der Waals surface area (Å²) in [5.41, 5.74) is 13.3. The van der Waals surface area contributed by atoms with Gasteiger partial charge >= 0.3 is 0 Å². The third kappa shape index (κ3) is 23.2. The van der Waals surface area contributed by atoms with Gasteiger partial charge in [0.1, 0.15) is 52.1 Å². The average Bonchev–Trinajstić information content (AvgIpc) is 1.67. The molecule has 135 heavy (non-hydrogen) atoms. The molecule has 8 aromatic carbocycles. The molecule has 7 N–H and O–H groups in total. The predicted octanol–water partition coefficient (Wildman–Crippen LogP) is 19.5. The molecular formula is C106H103ClF4N12O12. The van der Waals surface area contributed by atoms with Crippen molar-refractivity contribution in [1.29, 1.82) is 0 Å². The number of likely N-dealkylation sites (N-methyl/N-ethyl adjacent to an activating group) is 3. The Hall–Kier alpha value is -14.6. The maximum absolute atomic E-state index is 13.7. The van der Waals surface area contributed by atoms with Gasteiger partial charge < -0.3 is 79.4 Å². The van der Waals surface area contributed by atoms with E-state index in [9.17, 15) is 55.9 Å². The molecule has 18 rings (SSSR count). The van der Waals surface area contributed by atoms with Crippen molar-refractivity contribution in [2.24, 2.45) is 0 Å². The highest BCUT2D eigenvalue weighted by molar-refractivity contribution is 6.37. The van der Waals surface area contributed by atoms with Crippen LogP contribution < -0.4 is 37.2 Å². The second-order valence-corrected chi connectivity index (χ2v) is 34.0. The average molecular weight is 1850 g/mol. The fraction of sp³-hybridized carbons (Fsp3) is 0.245. The lowest BCUT2D eigenvalue weighted by Gasteiger charge is -2.35. The largest absolute Gasteiger partial charge is 0.464 e. The van der Waals surface area contributed by atoms with Gasteiger partial charge in [-0.15, -0.1) is 0 Å². The van der Waals surface area contributed by atoms with Gasteiger partial charge in [0.05, 0.1) is 46.1 Å². The number of likely N-dealkylation sites (tertiary alicyclic amines) is 2. The van der Waals surface area contributed by atoms with E-state index < -0.39 is 23.3 Å². The van der Waals surface area contributed by atoms with E-state index in [1.807, 2.05) is 71.6 Å². The van der Waals surface area contributed by atoms with Crippen LogP contribution in [-0.4, -0.2) is 184 Å². The van der Waals surface area contributed by atoms with E-state index >= 15 is 0 Å². The van der Waals surface area contributed by atoms with E-state index in [4.69, 9.17) is 29.3 Å². The van der Waals surface area contributed by atoms with Crippen molar-refractivity contribution in [3.63, 3.8) is 0 Å². The Bertz CT molecular complexity index is 6600. The van der Waals surface area contributed by atoms with Crippen LogP contribution in [0.5, 0.6) is 0 Å². The molecule has 1 unspecified atom stereocenters. The molecule has 0 saturated carbocycles. The normalized spacial score (nSPS) is 16.1. The SMILES string of the molecule is CCN(CC)CCNC(=O)c1ccc(Cl)c(-c2ccc(/C=C3/C(=O)Nc4ccc(F)cc43)o2)c1.CCN(CC)CCNC(=O)c1cccc(-c2coc(/C=C3/C(=O)Nc4ccc(F)cc43)c2)c1.CN(C)C1CCN(C(=O)c2cccc(-c3coc(/C=C4/C(=O)Nc5ccc(F)cc54)c3)c2)CC1.CN1CCCCC1CNC(=O)c1cccc(-c2coc(/C=C3/C(=O)Nc4ccc(F)cc43)c2)c1. The number of hydrogen-bond donors (Lipinski definition) is 7. The number of fused-ring (bicyclic) bond motifs is 4. The number of hydrogen-bond acceptors (Lipinski definition) is 16. The quantitative estimate of drug-likeness (QED) is 0.0207. The van der Waals surface area contributed by atoms with Gasteiger partial charge in [0.15, 0.2) is 0 Å². The molecule has 10 heterocycles. The molecular weight excluding hydrogens is 1740 g/mol. The second-order valence-electron chi connectivity index (χ2n) is 33.6. The van der Waals surface area contributed by atoms with Crippen LogP contribution in [0.2, 0.25) is 5.02 Å². The highest BCUT2D eigenvalue weighted by Crippen LogP contribution is 2.41. The third-order valence-electron chi connectivity index (χ3n) is 24.7. The number of carbonyl (C=O) groups excluding carboxylic acids is 8. The Kier molecular flexibility index (Phi) is 30.6. The zero-order chi connectivity index (χ0) is 95.1. The van der Waals surface area contributed by atoms with Crippen LogP contribution in [0.1, 0.15) is 147 Å². The molecule has 2 fully saturated rings. The molecule has 0 bridgehead atoms. The number of anilines is 4. The number of carbonyl (C=O) groups is 8. The van der Waals surface area contributed by atoms with Crippen LogP contribution in [0.25, 0.3) is 91.3 Å². The van der Waals surface area contributed by atoms with Crippen LogP contribution in [0.15, 0.2) is 231 Å². The van der Waals surface area contributed by atoms with E-state index in [0.29, 0.717) is 161 Å². The minimum Gasteiger partial charge on any atom is -0.464 e. The molecule has 4 aromatic heterocycles. The summed E-state index contributed by atoms with van der Waals surface area (Å²) in [7, 11) is 6.26. The lowest BCUT2D eigenvalue weighted by atomic mass is 10.0. The molecule has 0 spiro atoms. The number of nitrogens with one attached hydrogen (secondary N) is 7. The Balaban J connectivity index is 0.000000137. The molecule has 12 aromatic rings. The summed E-state index contributed by atoms with van der Waals surface area (Å²) in [4.78, 5) is 111. The first kappa shape index (κ1) is 95.1. The van der Waals surface area contributed by atoms with Gasteiger partial charge in [-0.25, -0.2) is 17.6 Å². The summed E-state index contributed by atoms with van der Waals surface area (Å²) < 4.78 is 77.6. The van der Waals surface area contributed by atoms with Crippen LogP contribution >= 0.6 is 11.6 Å². The predicted molar refractivity (Wildman–Crippen MR) is 519 cm³/mol. The second kappa shape index (κ2) is 43.4. The van der Waals surface area contributed by atoms with Gasteiger partial charge in [-0.2, -0.15) is 0 Å². The molecule has 24 nitrogen and oxygen atoms in total. The van der Waals surface area contributed by atoms with E-state index in [1.165, 1.54) is 73.5 Å². The number of amides is 8. The van der Waals surface area contributed by atoms with Gasteiger partial charge in [0.25, 0.3) is 47.3 Å². The summed E-state index contributed by atoms with van der Waals surface area (Å²) >= 11 is 6.39. The van der Waals surface area contributed by atoms with Crippen molar-refractivity contribution in [2.75, 3.05) is 121 Å². The first-order valence-electron chi connectivity index (χ1n) is 45.0. The van der Waals surface area contributed by atoms with E-state index in [2.05, 4.69) is 106 Å². The number of halogens is 5. The van der Waals surface area contributed by atoms with Gasteiger partial charge in [-0.05, 0) is 278 Å². The Morgan fingerprint density at radius 2 is 0.807 bits per heavy atom. The molecule has 8 amide bonds. The zero-order valence-electron chi connectivity index (χ0n) is 75.7. The Morgan fingerprint density at radius 3 is 1.21 bits per heavy atom. The van der Waals surface area contributed by atoms with E-state index in [0.717, 1.165) is 112 Å². The first-order valence-corrected chi connectivity index (χ1v) is 45.4. The molecule has 0 aliphatic carbocycles. The topological polar surface area (TPSA) is 290 Å². The molecule has 1 atom stereocenters. The standard InChI is InChI=1S/2C27H26FN3O3.C26H25ClFN3O3.C26H26FN3O3/c1-30(2)21-8-10-31(11-9-21)27(33)18-5-3-4-17(12-18)19-13-22(34-16-19)15-24-23-14-20(28)6-7-25(23)29-26(24)32;1-31-10-3-2-7-21(31)15-29-26(32)18-6-4-5-17(11-18)19-12-22(34-16-19)14-24-23-13-20(28)8-9-25(23)30-27(24)33;1-3-31(4-2)12-11-29-25(32)16-5-8-22(27)21(13-16)24-10-7-18(34-24)15-20-19-14-17(28)6-9-23(19)30-26(20)33;1-3-30(4-2)11-10-28-25(31)18-7-5-6-17(12-18)19-13-21(33-16-19)15-23-22-14-20(27)8-9-24(22)29-26(23)32/h3-7,12-16,21H,8-11H2,1-2H3,(H,29,32);4-6,8-9,11-14,16,21H,2-3,7,10,15H2,1H3,(H,29,32)(H,30,33);5-10,13-15H,3-4,11-12H2,1-2H3,(H,29,32)(H,30,33);5-9,12-16H,3-4,10-11H2,1-2H3,(H,28,31)(H,29,32)/b24-15+;24-14+;20-15+;23-15+. The van der Waals surface area contributed by atoms with Crippen LogP contribution in [-0.2, 0) is 19.2 Å². The van der Waals surface area contributed by atoms with E-state index in [-0.39, 0.29) is 47.3 Å². The fourth-order valence-electron chi connectivity index (χ4n) is 16.9. The van der Waals surface area contributed by atoms with Crippen LogP contribution in [0.3, 0.4) is 0 Å². The molecule has 0 radical (unpaired) electrons. The number of piperidine rings is 2. The maximum Gasteiger partial charge on any atom is 0.256 e. The minimum atomic E-state index is -0.430. The zero-order valence-corrected chi connectivity index (χ0v) is 76.5.